The van der Waals surface area contributed by atoms with E-state index < -0.39 is 0 Å². The first kappa shape index (κ1) is 38.8. The third-order valence-electron chi connectivity index (χ3n) is 10.9. The minimum absolute atomic E-state index is 0.0130. The molecule has 0 bridgehead atoms. The van der Waals surface area contributed by atoms with E-state index in [9.17, 15) is 9.59 Å². The SMILES string of the molecule is CC(=O)N[C@H](CC(CCCN)c1nc2ccc3cc(-c4ccc5c(ccc6nc(C(CCCN)C[C@@H](NC(C)=O)C(C)C)[nH]c65)n4)ccc3c2[nH]1)C(C)C. The molecule has 6 rings (SSSR count). The van der Waals surface area contributed by atoms with E-state index in [-0.39, 0.29) is 35.7 Å². The zero-order chi connectivity index (χ0) is 38.5. The van der Waals surface area contributed by atoms with Crippen molar-refractivity contribution in [3.63, 3.8) is 0 Å². The van der Waals surface area contributed by atoms with Gasteiger partial charge in [-0.25, -0.2) is 15.0 Å². The number of hydrogen-bond donors (Lipinski definition) is 6. The molecule has 0 spiro atoms. The average molecular weight is 732 g/mol. The summed E-state index contributed by atoms with van der Waals surface area (Å²) in [6, 6.07) is 19.1. The van der Waals surface area contributed by atoms with Gasteiger partial charge >= 0.3 is 0 Å². The number of rotatable bonds is 17. The molecule has 3 aromatic carbocycles. The Morgan fingerprint density at radius 2 is 1.15 bits per heavy atom. The third-order valence-corrected chi connectivity index (χ3v) is 10.9. The monoisotopic (exact) mass is 731 g/mol. The van der Waals surface area contributed by atoms with E-state index in [2.05, 4.69) is 90.8 Å². The second-order valence-corrected chi connectivity index (χ2v) is 15.7. The first-order valence-corrected chi connectivity index (χ1v) is 19.6. The molecule has 4 atom stereocenters. The van der Waals surface area contributed by atoms with Gasteiger partial charge in [0.2, 0.25) is 11.8 Å². The fourth-order valence-electron chi connectivity index (χ4n) is 7.83. The molecule has 0 aliphatic carbocycles. The molecule has 11 nitrogen and oxygen atoms in total. The zero-order valence-electron chi connectivity index (χ0n) is 32.6. The molecule has 3 heterocycles. The van der Waals surface area contributed by atoms with E-state index in [1.165, 1.54) is 0 Å². The van der Waals surface area contributed by atoms with E-state index in [1.54, 1.807) is 13.8 Å². The number of nitrogens with zero attached hydrogens (tertiary/aromatic N) is 3. The minimum Gasteiger partial charge on any atom is -0.353 e. The van der Waals surface area contributed by atoms with Crippen LogP contribution in [0.15, 0.2) is 54.6 Å². The van der Waals surface area contributed by atoms with Crippen molar-refractivity contribution in [2.24, 2.45) is 23.3 Å². The molecule has 0 aliphatic heterocycles. The lowest BCUT2D eigenvalue weighted by molar-refractivity contribution is -0.120. The zero-order valence-corrected chi connectivity index (χ0v) is 32.6. The van der Waals surface area contributed by atoms with E-state index in [4.69, 9.17) is 26.4 Å². The number of nitrogens with two attached hydrogens (primary N) is 2. The Kier molecular flexibility index (Phi) is 12.3. The van der Waals surface area contributed by atoms with Crippen LogP contribution in [0.25, 0.3) is 55.0 Å². The van der Waals surface area contributed by atoms with Crippen LogP contribution in [0.4, 0.5) is 0 Å². The summed E-state index contributed by atoms with van der Waals surface area (Å²) in [7, 11) is 0. The van der Waals surface area contributed by atoms with Gasteiger partial charge in [0, 0.05) is 54.1 Å². The number of carbonyl (C=O) groups is 2. The Hall–Kier alpha value is -4.87. The molecular formula is C43H57N9O2. The Bertz CT molecular complexity index is 2080. The summed E-state index contributed by atoms with van der Waals surface area (Å²) in [5.41, 5.74) is 18.5. The van der Waals surface area contributed by atoms with Crippen LogP contribution in [0, 0.1) is 11.8 Å². The quantitative estimate of drug-likeness (QED) is 0.0560. The van der Waals surface area contributed by atoms with Crippen LogP contribution in [0.3, 0.4) is 0 Å². The molecule has 8 N–H and O–H groups in total. The minimum atomic E-state index is -0.0162. The van der Waals surface area contributed by atoms with Crippen molar-refractivity contribution in [1.82, 2.24) is 35.6 Å². The first-order chi connectivity index (χ1) is 25.9. The largest absolute Gasteiger partial charge is 0.353 e. The van der Waals surface area contributed by atoms with Crippen molar-refractivity contribution < 1.29 is 9.59 Å². The van der Waals surface area contributed by atoms with E-state index in [0.29, 0.717) is 24.9 Å². The standard InChI is InChI=1S/C43H57N9O2/c1-24(2)38(46-26(5)53)22-30(9-7-19-44)42-49-36-15-12-28-21-29(11-13-32(28)40(36)51-42)34-16-14-33-35(48-34)17-18-37-41(33)52-43(50-37)31(10-8-20-45)23-39(25(3)4)47-27(6)54/h11-18,21,24-25,30-31,38-39H,7-10,19-20,22-23,44-45H2,1-6H3,(H,46,53)(H,47,54)(H,49,51)(H,50,52)/t30?,31?,38-,39-/m1/s1. The van der Waals surface area contributed by atoms with Crippen molar-refractivity contribution in [2.75, 3.05) is 13.1 Å². The number of amides is 2. The van der Waals surface area contributed by atoms with Crippen LogP contribution in [0.1, 0.15) is 104 Å². The number of nitrogens with one attached hydrogen (secondary N) is 4. The second-order valence-electron chi connectivity index (χ2n) is 15.7. The summed E-state index contributed by atoms with van der Waals surface area (Å²) in [4.78, 5) is 46.5. The van der Waals surface area contributed by atoms with Gasteiger partial charge in [-0.05, 0) is 105 Å². The highest BCUT2D eigenvalue weighted by Crippen LogP contribution is 2.35. The number of aromatic nitrogens is 5. The molecule has 0 saturated carbocycles. The first-order valence-electron chi connectivity index (χ1n) is 19.6. The third kappa shape index (κ3) is 8.74. The van der Waals surface area contributed by atoms with Gasteiger partial charge in [-0.3, -0.25) is 9.59 Å². The van der Waals surface area contributed by atoms with Gasteiger partial charge in [0.15, 0.2) is 0 Å². The van der Waals surface area contributed by atoms with Gasteiger partial charge in [0.25, 0.3) is 0 Å². The van der Waals surface area contributed by atoms with Gasteiger partial charge in [0.05, 0.1) is 33.3 Å². The highest BCUT2D eigenvalue weighted by atomic mass is 16.2. The van der Waals surface area contributed by atoms with Gasteiger partial charge in [-0.1, -0.05) is 45.9 Å². The molecule has 6 aromatic rings. The summed E-state index contributed by atoms with van der Waals surface area (Å²) in [6.45, 7) is 12.9. The fourth-order valence-corrected chi connectivity index (χ4v) is 7.83. The molecule has 2 amide bonds. The molecule has 0 radical (unpaired) electrons. The Morgan fingerprint density at radius 3 is 1.67 bits per heavy atom. The summed E-state index contributed by atoms with van der Waals surface area (Å²) >= 11 is 0. The second kappa shape index (κ2) is 17.1. The topological polar surface area (TPSA) is 180 Å². The predicted molar refractivity (Wildman–Crippen MR) is 220 cm³/mol. The van der Waals surface area contributed by atoms with Gasteiger partial charge in [-0.2, -0.15) is 0 Å². The summed E-state index contributed by atoms with van der Waals surface area (Å²) in [5, 5.41) is 9.52. The smallest absolute Gasteiger partial charge is 0.217 e. The van der Waals surface area contributed by atoms with Crippen LogP contribution in [-0.2, 0) is 9.59 Å². The maximum absolute atomic E-state index is 12.0. The van der Waals surface area contributed by atoms with E-state index in [0.717, 1.165) is 105 Å². The number of fused-ring (bicyclic) bond motifs is 6. The van der Waals surface area contributed by atoms with Crippen molar-refractivity contribution in [3.8, 4) is 11.3 Å². The number of imidazole rings is 2. The maximum atomic E-state index is 12.0. The number of carbonyl (C=O) groups excluding carboxylic acids is 2. The number of aromatic amines is 2. The highest BCUT2D eigenvalue weighted by molar-refractivity contribution is 6.06. The van der Waals surface area contributed by atoms with E-state index in [1.807, 2.05) is 12.1 Å². The maximum Gasteiger partial charge on any atom is 0.217 e. The molecule has 2 unspecified atom stereocenters. The highest BCUT2D eigenvalue weighted by Gasteiger charge is 2.26. The Morgan fingerprint density at radius 1 is 0.648 bits per heavy atom. The normalized spacial score (nSPS) is 14.3. The lowest BCUT2D eigenvalue weighted by Gasteiger charge is -2.26. The van der Waals surface area contributed by atoms with Crippen molar-refractivity contribution >= 4 is 55.6 Å². The lowest BCUT2D eigenvalue weighted by atomic mass is 9.89. The predicted octanol–water partition coefficient (Wildman–Crippen LogP) is 7.55. The Balaban J connectivity index is 1.30. The number of hydrogen-bond acceptors (Lipinski definition) is 7. The lowest BCUT2D eigenvalue weighted by Crippen LogP contribution is -2.38. The van der Waals surface area contributed by atoms with Crippen LogP contribution >= 0.6 is 0 Å². The van der Waals surface area contributed by atoms with Gasteiger partial charge in [-0.15, -0.1) is 0 Å². The summed E-state index contributed by atoms with van der Waals surface area (Å²) < 4.78 is 0. The number of pyridine rings is 1. The number of benzene rings is 3. The summed E-state index contributed by atoms with van der Waals surface area (Å²) in [5.74, 6) is 2.71. The Labute approximate surface area is 317 Å². The molecule has 286 valence electrons. The van der Waals surface area contributed by atoms with Crippen molar-refractivity contribution in [3.05, 3.63) is 66.2 Å². The number of H-pyrrole nitrogens is 2. The molecule has 3 aromatic heterocycles. The van der Waals surface area contributed by atoms with Gasteiger partial charge in [0.1, 0.15) is 11.6 Å². The van der Waals surface area contributed by atoms with Gasteiger partial charge < -0.3 is 32.1 Å². The van der Waals surface area contributed by atoms with Crippen LogP contribution in [-0.4, -0.2) is 61.9 Å². The fraction of sp³-hybridized carbons (Fsp3) is 0.465. The summed E-state index contributed by atoms with van der Waals surface area (Å²) in [6.07, 6.45) is 5.14. The molecular weight excluding hydrogens is 675 g/mol. The van der Waals surface area contributed by atoms with Crippen LogP contribution in [0.2, 0.25) is 0 Å². The van der Waals surface area contributed by atoms with E-state index >= 15 is 0 Å². The van der Waals surface area contributed by atoms with Crippen molar-refractivity contribution in [1.29, 1.82) is 0 Å². The average Bonchev–Trinajstić information content (AvgIpc) is 3.78. The van der Waals surface area contributed by atoms with Crippen LogP contribution in [0.5, 0.6) is 0 Å². The molecule has 0 saturated heterocycles. The molecule has 11 heteroatoms. The molecule has 54 heavy (non-hydrogen) atoms. The molecule has 0 fully saturated rings. The van der Waals surface area contributed by atoms with Crippen molar-refractivity contribution in [2.45, 2.75) is 104 Å². The van der Waals surface area contributed by atoms with Crippen LogP contribution < -0.4 is 22.1 Å². The molecule has 0 aliphatic rings.